The lowest BCUT2D eigenvalue weighted by atomic mass is 9.87. The van der Waals surface area contributed by atoms with Crippen LogP contribution < -0.4 is 5.56 Å². The van der Waals surface area contributed by atoms with Gasteiger partial charge in [0.1, 0.15) is 12.3 Å². The summed E-state index contributed by atoms with van der Waals surface area (Å²) in [7, 11) is 1.86. The van der Waals surface area contributed by atoms with Gasteiger partial charge in [-0.05, 0) is 36.8 Å². The Morgan fingerprint density at radius 1 is 1.17 bits per heavy atom. The summed E-state index contributed by atoms with van der Waals surface area (Å²) in [5.41, 5.74) is 4.84. The molecule has 0 bridgehead atoms. The zero-order valence-corrected chi connectivity index (χ0v) is 16.5. The quantitative estimate of drug-likeness (QED) is 0.743. The van der Waals surface area contributed by atoms with Gasteiger partial charge in [-0.15, -0.1) is 0 Å². The number of aromatic amines is 1. The number of H-pyrrole nitrogens is 1. The lowest BCUT2D eigenvalue weighted by molar-refractivity contribution is 0.0658. The van der Waals surface area contributed by atoms with Crippen molar-refractivity contribution in [1.29, 1.82) is 0 Å². The number of hydrogen-bond acceptors (Lipinski definition) is 4. The first-order valence-electron chi connectivity index (χ1n) is 10.2. The van der Waals surface area contributed by atoms with E-state index in [1.54, 1.807) is 9.58 Å². The predicted octanol–water partition coefficient (Wildman–Crippen LogP) is 2.88. The smallest absolute Gasteiger partial charge is 0.410 e. The highest BCUT2D eigenvalue weighted by molar-refractivity contribution is 5.84. The van der Waals surface area contributed by atoms with Crippen molar-refractivity contribution in [2.75, 3.05) is 13.1 Å². The number of hydrogen-bond donors (Lipinski definition) is 1. The van der Waals surface area contributed by atoms with Gasteiger partial charge in [-0.1, -0.05) is 30.3 Å². The van der Waals surface area contributed by atoms with E-state index in [4.69, 9.17) is 9.84 Å². The third-order valence-corrected chi connectivity index (χ3v) is 6.08. The van der Waals surface area contributed by atoms with Crippen LogP contribution in [0.4, 0.5) is 4.79 Å². The molecule has 1 amide bonds. The van der Waals surface area contributed by atoms with E-state index in [0.717, 1.165) is 59.1 Å². The first kappa shape index (κ1) is 18.0. The Labute approximate surface area is 168 Å². The molecule has 7 nitrogen and oxygen atoms in total. The number of rotatable bonds is 3. The van der Waals surface area contributed by atoms with E-state index in [1.165, 1.54) is 0 Å². The molecule has 3 aromatic rings. The highest BCUT2D eigenvalue weighted by atomic mass is 16.6. The monoisotopic (exact) mass is 392 g/mol. The number of carbonyl (C=O) groups is 1. The molecule has 7 heteroatoms. The molecule has 3 heterocycles. The number of aryl methyl sites for hydroxylation is 2. The SMILES string of the molecule is Cn1nc(C2CN(C(=O)OCc3ccccc3)C2)c2c3c(c(=O)[nH]c21)CCCC3. The normalized spacial score (nSPS) is 16.5. The van der Waals surface area contributed by atoms with E-state index in [1.807, 2.05) is 37.4 Å². The lowest BCUT2D eigenvalue weighted by Crippen LogP contribution is -2.48. The number of pyridine rings is 1. The number of nitrogens with one attached hydrogen (secondary N) is 1. The molecule has 1 aliphatic heterocycles. The number of aromatic nitrogens is 3. The Hall–Kier alpha value is -3.09. The van der Waals surface area contributed by atoms with Crippen molar-refractivity contribution in [2.24, 2.45) is 7.05 Å². The van der Waals surface area contributed by atoms with E-state index in [2.05, 4.69) is 4.98 Å². The van der Waals surface area contributed by atoms with Crippen LogP contribution in [0.25, 0.3) is 11.0 Å². The van der Waals surface area contributed by atoms with Crippen molar-refractivity contribution in [3.8, 4) is 0 Å². The number of benzene rings is 1. The Bertz CT molecular complexity index is 1130. The number of ether oxygens (including phenoxy) is 1. The molecule has 1 fully saturated rings. The first-order chi connectivity index (χ1) is 14.1. The Morgan fingerprint density at radius 3 is 2.66 bits per heavy atom. The van der Waals surface area contributed by atoms with Crippen LogP contribution in [0.3, 0.4) is 0 Å². The fourth-order valence-corrected chi connectivity index (χ4v) is 4.50. The minimum Gasteiger partial charge on any atom is -0.445 e. The van der Waals surface area contributed by atoms with Gasteiger partial charge < -0.3 is 14.6 Å². The van der Waals surface area contributed by atoms with Gasteiger partial charge in [0.25, 0.3) is 5.56 Å². The number of likely N-dealkylation sites (tertiary alicyclic amines) is 1. The van der Waals surface area contributed by atoms with Gasteiger partial charge in [0.15, 0.2) is 0 Å². The van der Waals surface area contributed by atoms with Crippen molar-refractivity contribution in [3.05, 3.63) is 63.1 Å². The predicted molar refractivity (Wildman–Crippen MR) is 109 cm³/mol. The topological polar surface area (TPSA) is 80.2 Å². The lowest BCUT2D eigenvalue weighted by Gasteiger charge is -2.37. The molecular weight excluding hydrogens is 368 g/mol. The van der Waals surface area contributed by atoms with Crippen molar-refractivity contribution in [3.63, 3.8) is 0 Å². The fourth-order valence-electron chi connectivity index (χ4n) is 4.50. The molecule has 1 aromatic carbocycles. The van der Waals surface area contributed by atoms with Gasteiger partial charge in [0, 0.05) is 37.0 Å². The van der Waals surface area contributed by atoms with Crippen molar-refractivity contribution >= 4 is 17.1 Å². The number of carbonyl (C=O) groups excluding carboxylic acids is 1. The van der Waals surface area contributed by atoms with E-state index in [9.17, 15) is 9.59 Å². The number of amides is 1. The molecule has 150 valence electrons. The molecule has 2 aliphatic rings. The standard InChI is InChI=1S/C22H24N4O3/c1-25-20-18(16-9-5-6-10-17(16)21(27)23-20)19(24-25)15-11-26(12-15)22(28)29-13-14-7-3-2-4-8-14/h2-4,7-8,15H,5-6,9-13H2,1H3,(H,23,27). The van der Waals surface area contributed by atoms with Gasteiger partial charge in [-0.3, -0.25) is 9.48 Å². The van der Waals surface area contributed by atoms with Crippen molar-refractivity contribution < 1.29 is 9.53 Å². The minimum absolute atomic E-state index is 0.0153. The van der Waals surface area contributed by atoms with Gasteiger partial charge in [-0.25, -0.2) is 4.79 Å². The second-order valence-corrected chi connectivity index (χ2v) is 7.99. The van der Waals surface area contributed by atoms with Gasteiger partial charge in [0.2, 0.25) is 0 Å². The van der Waals surface area contributed by atoms with E-state index in [-0.39, 0.29) is 24.2 Å². The number of nitrogens with zero attached hydrogens (tertiary/aromatic N) is 3. The Kier molecular flexibility index (Phi) is 4.38. The van der Waals surface area contributed by atoms with Crippen molar-refractivity contribution in [1.82, 2.24) is 19.7 Å². The first-order valence-corrected chi connectivity index (χ1v) is 10.2. The summed E-state index contributed by atoms with van der Waals surface area (Å²) in [4.78, 5) is 29.5. The van der Waals surface area contributed by atoms with Crippen LogP contribution in [0, 0.1) is 0 Å². The summed E-state index contributed by atoms with van der Waals surface area (Å²) in [6.45, 7) is 1.46. The summed E-state index contributed by atoms with van der Waals surface area (Å²) in [6.07, 6.45) is 3.62. The molecule has 2 aromatic heterocycles. The summed E-state index contributed by atoms with van der Waals surface area (Å²) in [5, 5.41) is 5.80. The second-order valence-electron chi connectivity index (χ2n) is 7.99. The van der Waals surface area contributed by atoms with E-state index >= 15 is 0 Å². The van der Waals surface area contributed by atoms with Crippen LogP contribution in [0.2, 0.25) is 0 Å². The molecule has 1 saturated heterocycles. The second kappa shape index (κ2) is 7.06. The molecule has 29 heavy (non-hydrogen) atoms. The van der Waals surface area contributed by atoms with Crippen molar-refractivity contribution in [2.45, 2.75) is 38.2 Å². The third kappa shape index (κ3) is 3.10. The molecule has 0 spiro atoms. The van der Waals surface area contributed by atoms with Crippen LogP contribution in [-0.4, -0.2) is 38.8 Å². The van der Waals surface area contributed by atoms with Crippen LogP contribution in [0.15, 0.2) is 35.1 Å². The van der Waals surface area contributed by atoms with Gasteiger partial charge >= 0.3 is 6.09 Å². The Balaban J connectivity index is 1.34. The molecule has 0 atom stereocenters. The molecular formula is C22H24N4O3. The molecule has 5 rings (SSSR count). The highest BCUT2D eigenvalue weighted by Crippen LogP contribution is 2.35. The molecule has 1 N–H and O–H groups in total. The molecule has 1 aliphatic carbocycles. The van der Waals surface area contributed by atoms with Crippen LogP contribution in [0.5, 0.6) is 0 Å². The summed E-state index contributed by atoms with van der Waals surface area (Å²) in [6, 6.07) is 9.68. The van der Waals surface area contributed by atoms with E-state index < -0.39 is 0 Å². The summed E-state index contributed by atoms with van der Waals surface area (Å²) in [5.74, 6) is 0.167. The number of fused-ring (bicyclic) bond motifs is 3. The molecule has 0 saturated carbocycles. The zero-order chi connectivity index (χ0) is 20.0. The van der Waals surface area contributed by atoms with E-state index in [0.29, 0.717) is 13.1 Å². The van der Waals surface area contributed by atoms with Gasteiger partial charge in [-0.2, -0.15) is 5.10 Å². The van der Waals surface area contributed by atoms with Crippen LogP contribution in [0.1, 0.15) is 41.1 Å². The maximum absolute atomic E-state index is 12.5. The third-order valence-electron chi connectivity index (χ3n) is 6.08. The average Bonchev–Trinajstić information content (AvgIpc) is 3.02. The Morgan fingerprint density at radius 2 is 1.90 bits per heavy atom. The largest absolute Gasteiger partial charge is 0.445 e. The summed E-state index contributed by atoms with van der Waals surface area (Å²) < 4.78 is 7.19. The highest BCUT2D eigenvalue weighted by Gasteiger charge is 2.37. The molecule has 0 unspecified atom stereocenters. The van der Waals surface area contributed by atoms with Crippen LogP contribution in [-0.2, 0) is 31.2 Å². The fraction of sp³-hybridized carbons (Fsp3) is 0.409. The van der Waals surface area contributed by atoms with Crippen LogP contribution >= 0.6 is 0 Å². The van der Waals surface area contributed by atoms with Gasteiger partial charge in [0.05, 0.1) is 5.69 Å². The maximum Gasteiger partial charge on any atom is 0.410 e. The summed E-state index contributed by atoms with van der Waals surface area (Å²) >= 11 is 0. The minimum atomic E-state index is -0.291. The average molecular weight is 392 g/mol. The zero-order valence-electron chi connectivity index (χ0n) is 16.5. The maximum atomic E-state index is 12.5. The molecule has 0 radical (unpaired) electrons.